The minimum Gasteiger partial charge on any atom is -0.337 e. The smallest absolute Gasteiger partial charge is 0.270 e. The van der Waals surface area contributed by atoms with Crippen molar-refractivity contribution in [3.05, 3.63) is 62.4 Å². The molecule has 1 saturated heterocycles. The van der Waals surface area contributed by atoms with Gasteiger partial charge in [0, 0.05) is 28.0 Å². The average molecular weight is 433 g/mol. The molecule has 6 heteroatoms. The Hall–Kier alpha value is -1.92. The van der Waals surface area contributed by atoms with Crippen LogP contribution in [-0.4, -0.2) is 29.8 Å². The van der Waals surface area contributed by atoms with Crippen LogP contribution in [0.15, 0.2) is 51.9 Å². The summed E-state index contributed by atoms with van der Waals surface area (Å²) in [5.41, 5.74) is 0.847. The number of hydrogen-bond acceptors (Lipinski definition) is 3. The van der Waals surface area contributed by atoms with Gasteiger partial charge in [-0.1, -0.05) is 40.9 Å². The molecular formula is C20H21BrN2O2S. The van der Waals surface area contributed by atoms with E-state index >= 15 is 0 Å². The van der Waals surface area contributed by atoms with Crippen molar-refractivity contribution >= 4 is 45.2 Å². The predicted molar refractivity (Wildman–Crippen MR) is 109 cm³/mol. The second-order valence-electron chi connectivity index (χ2n) is 6.24. The molecule has 26 heavy (non-hydrogen) atoms. The van der Waals surface area contributed by atoms with E-state index in [2.05, 4.69) is 21.2 Å². The molecule has 0 unspecified atom stereocenters. The van der Waals surface area contributed by atoms with Crippen molar-refractivity contribution in [2.24, 2.45) is 0 Å². The van der Waals surface area contributed by atoms with Crippen molar-refractivity contribution in [1.82, 2.24) is 10.2 Å². The van der Waals surface area contributed by atoms with Gasteiger partial charge in [0.2, 0.25) is 0 Å². The van der Waals surface area contributed by atoms with Gasteiger partial charge < -0.3 is 10.2 Å². The summed E-state index contributed by atoms with van der Waals surface area (Å²) in [6, 6.07) is 11.0. The second kappa shape index (κ2) is 9.14. The Labute approximate surface area is 166 Å². The van der Waals surface area contributed by atoms with E-state index in [1.807, 2.05) is 28.5 Å². The third-order valence-corrected chi connectivity index (χ3v) is 5.60. The maximum Gasteiger partial charge on any atom is 0.270 e. The van der Waals surface area contributed by atoms with E-state index in [-0.39, 0.29) is 11.8 Å². The molecular weight excluding hydrogens is 412 g/mol. The highest BCUT2D eigenvalue weighted by molar-refractivity contribution is 9.10. The van der Waals surface area contributed by atoms with Gasteiger partial charge in [-0.3, -0.25) is 9.59 Å². The molecule has 0 atom stereocenters. The van der Waals surface area contributed by atoms with Crippen LogP contribution in [-0.2, 0) is 4.79 Å². The first-order valence-electron chi connectivity index (χ1n) is 8.75. The standard InChI is InChI=1S/C20H21BrN2O2S/c21-16-8-5-7-15(13-16)19(24)22-18(14-17-9-6-12-26-17)20(25)23-10-3-1-2-4-11-23/h5-9,12-14H,1-4,10-11H2,(H,22,24). The molecule has 4 nitrogen and oxygen atoms in total. The zero-order valence-electron chi connectivity index (χ0n) is 14.4. The minimum atomic E-state index is -0.280. The Morgan fingerprint density at radius 3 is 2.50 bits per heavy atom. The summed E-state index contributed by atoms with van der Waals surface area (Å²) in [7, 11) is 0. The van der Waals surface area contributed by atoms with Crippen LogP contribution in [0.2, 0.25) is 0 Å². The molecule has 1 aliphatic heterocycles. The van der Waals surface area contributed by atoms with Gasteiger partial charge in [-0.15, -0.1) is 11.3 Å². The molecule has 0 spiro atoms. The van der Waals surface area contributed by atoms with E-state index in [1.165, 1.54) is 11.3 Å². The summed E-state index contributed by atoms with van der Waals surface area (Å²) < 4.78 is 0.827. The van der Waals surface area contributed by atoms with Gasteiger partial charge in [0.1, 0.15) is 5.70 Å². The maximum atomic E-state index is 13.0. The molecule has 2 aromatic rings. The van der Waals surface area contributed by atoms with E-state index in [0.29, 0.717) is 11.3 Å². The number of rotatable bonds is 4. The van der Waals surface area contributed by atoms with Gasteiger partial charge in [0.05, 0.1) is 0 Å². The van der Waals surface area contributed by atoms with Crippen LogP contribution in [0, 0.1) is 0 Å². The van der Waals surface area contributed by atoms with E-state index in [4.69, 9.17) is 0 Å². The summed E-state index contributed by atoms with van der Waals surface area (Å²) in [5, 5.41) is 4.79. The first-order valence-corrected chi connectivity index (χ1v) is 10.4. The summed E-state index contributed by atoms with van der Waals surface area (Å²) in [5.74, 6) is -0.388. The topological polar surface area (TPSA) is 49.4 Å². The monoisotopic (exact) mass is 432 g/mol. The number of nitrogens with one attached hydrogen (secondary N) is 1. The number of nitrogens with zero attached hydrogens (tertiary/aromatic N) is 1. The molecule has 2 heterocycles. The molecule has 2 amide bonds. The average Bonchev–Trinajstić information content (AvgIpc) is 3.00. The molecule has 1 aliphatic rings. The Morgan fingerprint density at radius 2 is 1.85 bits per heavy atom. The Balaban J connectivity index is 1.83. The van der Waals surface area contributed by atoms with Crippen molar-refractivity contribution in [2.45, 2.75) is 25.7 Å². The van der Waals surface area contributed by atoms with Crippen molar-refractivity contribution in [1.29, 1.82) is 0 Å². The number of likely N-dealkylation sites (tertiary alicyclic amines) is 1. The lowest BCUT2D eigenvalue weighted by molar-refractivity contribution is -0.127. The molecule has 0 saturated carbocycles. The zero-order valence-corrected chi connectivity index (χ0v) is 16.8. The number of halogens is 1. The molecule has 1 fully saturated rings. The Morgan fingerprint density at radius 1 is 1.08 bits per heavy atom. The molecule has 3 rings (SSSR count). The fraction of sp³-hybridized carbons (Fsp3) is 0.300. The van der Waals surface area contributed by atoms with Gasteiger partial charge >= 0.3 is 0 Å². The Bertz CT molecular complexity index is 794. The van der Waals surface area contributed by atoms with E-state index in [0.717, 1.165) is 48.1 Å². The van der Waals surface area contributed by atoms with E-state index in [1.54, 1.807) is 24.3 Å². The van der Waals surface area contributed by atoms with Crippen molar-refractivity contribution < 1.29 is 9.59 Å². The van der Waals surface area contributed by atoms with Crippen LogP contribution in [0.5, 0.6) is 0 Å². The van der Waals surface area contributed by atoms with Gasteiger partial charge in [-0.25, -0.2) is 0 Å². The third-order valence-electron chi connectivity index (χ3n) is 4.29. The fourth-order valence-corrected chi connectivity index (χ4v) is 3.99. The van der Waals surface area contributed by atoms with Crippen LogP contribution >= 0.6 is 27.3 Å². The van der Waals surface area contributed by atoms with Crippen LogP contribution in [0.1, 0.15) is 40.9 Å². The number of carbonyl (C=O) groups excluding carboxylic acids is 2. The largest absolute Gasteiger partial charge is 0.337 e. The number of hydrogen-bond donors (Lipinski definition) is 1. The van der Waals surface area contributed by atoms with E-state index < -0.39 is 0 Å². The molecule has 0 aliphatic carbocycles. The molecule has 1 aromatic heterocycles. The van der Waals surface area contributed by atoms with Crippen molar-refractivity contribution in [2.75, 3.05) is 13.1 Å². The van der Waals surface area contributed by atoms with Gasteiger partial charge in [0.25, 0.3) is 11.8 Å². The quantitative estimate of drug-likeness (QED) is 0.712. The first kappa shape index (κ1) is 18.9. The predicted octanol–water partition coefficient (Wildman–Crippen LogP) is 4.68. The van der Waals surface area contributed by atoms with Crippen molar-refractivity contribution in [3.8, 4) is 0 Å². The van der Waals surface area contributed by atoms with Crippen LogP contribution < -0.4 is 5.32 Å². The highest BCUT2D eigenvalue weighted by Gasteiger charge is 2.22. The number of amides is 2. The highest BCUT2D eigenvalue weighted by Crippen LogP contribution is 2.17. The molecule has 0 radical (unpaired) electrons. The lowest BCUT2D eigenvalue weighted by atomic mass is 10.2. The molecule has 136 valence electrons. The Kier molecular flexibility index (Phi) is 6.63. The number of carbonyl (C=O) groups is 2. The summed E-state index contributed by atoms with van der Waals surface area (Å²) in [4.78, 5) is 28.5. The first-order chi connectivity index (χ1) is 12.6. The molecule has 0 bridgehead atoms. The maximum absolute atomic E-state index is 13.0. The highest BCUT2D eigenvalue weighted by atomic mass is 79.9. The second-order valence-corrected chi connectivity index (χ2v) is 8.14. The number of benzene rings is 1. The van der Waals surface area contributed by atoms with Crippen LogP contribution in [0.3, 0.4) is 0 Å². The summed E-state index contributed by atoms with van der Waals surface area (Å²) >= 11 is 4.92. The summed E-state index contributed by atoms with van der Waals surface area (Å²) in [6.07, 6.45) is 6.10. The lowest BCUT2D eigenvalue weighted by Crippen LogP contribution is -2.38. The number of thiophene rings is 1. The van der Waals surface area contributed by atoms with Gasteiger partial charge in [-0.2, -0.15) is 0 Å². The lowest BCUT2D eigenvalue weighted by Gasteiger charge is -2.22. The SMILES string of the molecule is O=C(NC(=Cc1cccs1)C(=O)N1CCCCCC1)c1cccc(Br)c1. The third kappa shape index (κ3) is 5.05. The fourth-order valence-electron chi connectivity index (χ4n) is 2.94. The van der Waals surface area contributed by atoms with Gasteiger partial charge in [-0.05, 0) is 48.6 Å². The zero-order chi connectivity index (χ0) is 18.4. The summed E-state index contributed by atoms with van der Waals surface area (Å²) in [6.45, 7) is 1.49. The van der Waals surface area contributed by atoms with E-state index in [9.17, 15) is 9.59 Å². The van der Waals surface area contributed by atoms with Crippen LogP contribution in [0.4, 0.5) is 0 Å². The molecule has 1 N–H and O–H groups in total. The normalized spacial score (nSPS) is 15.4. The van der Waals surface area contributed by atoms with Crippen LogP contribution in [0.25, 0.3) is 6.08 Å². The molecule has 1 aromatic carbocycles. The van der Waals surface area contributed by atoms with Gasteiger partial charge in [0.15, 0.2) is 0 Å². The van der Waals surface area contributed by atoms with Crippen molar-refractivity contribution in [3.63, 3.8) is 0 Å². The minimum absolute atomic E-state index is 0.108.